The van der Waals surface area contributed by atoms with E-state index in [2.05, 4.69) is 5.10 Å². The van der Waals surface area contributed by atoms with Crippen molar-refractivity contribution in [3.63, 3.8) is 0 Å². The maximum Gasteiger partial charge on any atom is 0.130 e. The molecule has 2 rings (SSSR count). The van der Waals surface area contributed by atoms with E-state index in [1.807, 2.05) is 39.1 Å². The number of aryl methyl sites for hydroxylation is 3. The van der Waals surface area contributed by atoms with Gasteiger partial charge in [0.1, 0.15) is 5.15 Å². The zero-order valence-electron chi connectivity index (χ0n) is 11.2. The van der Waals surface area contributed by atoms with E-state index >= 15 is 0 Å². The van der Waals surface area contributed by atoms with Gasteiger partial charge in [-0.15, -0.1) is 0 Å². The van der Waals surface area contributed by atoms with Crippen molar-refractivity contribution in [2.24, 2.45) is 12.8 Å². The molecular weight excluding hydrogens is 281 g/mol. The molecule has 1 unspecified atom stereocenters. The molecule has 3 nitrogen and oxygen atoms in total. The van der Waals surface area contributed by atoms with E-state index in [0.717, 1.165) is 27.4 Å². The molecule has 0 saturated heterocycles. The topological polar surface area (TPSA) is 43.8 Å². The van der Waals surface area contributed by atoms with Gasteiger partial charge >= 0.3 is 0 Å². The second-order valence-electron chi connectivity index (χ2n) is 4.79. The van der Waals surface area contributed by atoms with Crippen LogP contribution in [0.4, 0.5) is 0 Å². The number of benzene rings is 1. The minimum absolute atomic E-state index is 0.113. The summed E-state index contributed by atoms with van der Waals surface area (Å²) in [4.78, 5) is 0. The summed E-state index contributed by atoms with van der Waals surface area (Å²) in [5.74, 6) is 0. The molecule has 1 aromatic heterocycles. The Morgan fingerprint density at radius 2 is 2.00 bits per heavy atom. The zero-order valence-corrected chi connectivity index (χ0v) is 12.8. The van der Waals surface area contributed by atoms with Crippen molar-refractivity contribution in [3.05, 3.63) is 50.8 Å². The monoisotopic (exact) mass is 297 g/mol. The molecule has 0 bridgehead atoms. The van der Waals surface area contributed by atoms with Crippen molar-refractivity contribution >= 4 is 23.2 Å². The third-order valence-electron chi connectivity index (χ3n) is 3.33. The van der Waals surface area contributed by atoms with Crippen molar-refractivity contribution in [3.8, 4) is 0 Å². The van der Waals surface area contributed by atoms with Crippen molar-refractivity contribution in [1.82, 2.24) is 9.78 Å². The fraction of sp³-hybridized carbons (Fsp3) is 0.357. The summed E-state index contributed by atoms with van der Waals surface area (Å²) in [6, 6.07) is 5.65. The van der Waals surface area contributed by atoms with E-state index in [-0.39, 0.29) is 6.04 Å². The number of nitrogens with zero attached hydrogens (tertiary/aromatic N) is 2. The highest BCUT2D eigenvalue weighted by Crippen LogP contribution is 2.27. The molecule has 0 amide bonds. The van der Waals surface area contributed by atoms with Gasteiger partial charge < -0.3 is 5.73 Å². The Hall–Kier alpha value is -1.03. The first-order valence-electron chi connectivity index (χ1n) is 6.09. The van der Waals surface area contributed by atoms with E-state index in [0.29, 0.717) is 11.6 Å². The average Bonchev–Trinajstić information content (AvgIpc) is 2.56. The maximum absolute atomic E-state index is 6.29. The van der Waals surface area contributed by atoms with Crippen LogP contribution in [0.2, 0.25) is 10.2 Å². The minimum Gasteiger partial charge on any atom is -0.324 e. The van der Waals surface area contributed by atoms with Crippen LogP contribution >= 0.6 is 23.2 Å². The lowest BCUT2D eigenvalue weighted by molar-refractivity contribution is 0.713. The van der Waals surface area contributed by atoms with Crippen LogP contribution in [0.25, 0.3) is 0 Å². The SMILES string of the molecule is Cc1cc(Cl)ccc1C(N)Cc1c(C)nn(C)c1Cl. The summed E-state index contributed by atoms with van der Waals surface area (Å²) in [5, 5.41) is 5.68. The Kier molecular flexibility index (Phi) is 4.19. The van der Waals surface area contributed by atoms with E-state index in [4.69, 9.17) is 28.9 Å². The van der Waals surface area contributed by atoms with Gasteiger partial charge in [-0.05, 0) is 43.5 Å². The first-order valence-corrected chi connectivity index (χ1v) is 6.85. The lowest BCUT2D eigenvalue weighted by Gasteiger charge is -2.15. The van der Waals surface area contributed by atoms with Crippen molar-refractivity contribution in [2.75, 3.05) is 0 Å². The van der Waals surface area contributed by atoms with Crippen molar-refractivity contribution < 1.29 is 0 Å². The van der Waals surface area contributed by atoms with Gasteiger partial charge in [-0.3, -0.25) is 4.68 Å². The Balaban J connectivity index is 2.28. The molecule has 0 aliphatic heterocycles. The van der Waals surface area contributed by atoms with Gasteiger partial charge in [0.15, 0.2) is 0 Å². The summed E-state index contributed by atoms with van der Waals surface area (Å²) >= 11 is 12.2. The number of nitrogens with two attached hydrogens (primary N) is 1. The molecule has 0 aliphatic rings. The molecule has 2 aromatic rings. The molecule has 2 N–H and O–H groups in total. The highest BCUT2D eigenvalue weighted by atomic mass is 35.5. The molecule has 0 saturated carbocycles. The van der Waals surface area contributed by atoms with Crippen molar-refractivity contribution in [2.45, 2.75) is 26.3 Å². The number of hydrogen-bond donors (Lipinski definition) is 1. The summed E-state index contributed by atoms with van der Waals surface area (Å²) in [6.45, 7) is 3.96. The van der Waals surface area contributed by atoms with Crippen LogP contribution in [0, 0.1) is 13.8 Å². The van der Waals surface area contributed by atoms with Crippen LogP contribution in [0.15, 0.2) is 18.2 Å². The van der Waals surface area contributed by atoms with E-state index in [9.17, 15) is 0 Å². The predicted molar refractivity (Wildman–Crippen MR) is 79.8 cm³/mol. The smallest absolute Gasteiger partial charge is 0.130 e. The van der Waals surface area contributed by atoms with Crippen molar-refractivity contribution in [1.29, 1.82) is 0 Å². The molecule has 5 heteroatoms. The Bertz CT molecular complexity index is 605. The number of halogens is 2. The predicted octanol–water partition coefficient (Wildman–Crippen LogP) is 3.59. The highest BCUT2D eigenvalue weighted by Gasteiger charge is 2.17. The van der Waals surface area contributed by atoms with Crippen LogP contribution in [0.5, 0.6) is 0 Å². The molecule has 1 heterocycles. The third-order valence-corrected chi connectivity index (χ3v) is 4.03. The largest absolute Gasteiger partial charge is 0.324 e. The van der Waals surface area contributed by atoms with Gasteiger partial charge in [-0.25, -0.2) is 0 Å². The molecule has 0 spiro atoms. The summed E-state index contributed by atoms with van der Waals surface area (Å²) in [6.07, 6.45) is 0.668. The molecule has 0 radical (unpaired) electrons. The number of rotatable bonds is 3. The lowest BCUT2D eigenvalue weighted by atomic mass is 9.96. The van der Waals surface area contributed by atoms with E-state index in [1.165, 1.54) is 0 Å². The van der Waals surface area contributed by atoms with E-state index in [1.54, 1.807) is 4.68 Å². The van der Waals surface area contributed by atoms with Gasteiger partial charge in [0.2, 0.25) is 0 Å². The van der Waals surface area contributed by atoms with Gasteiger partial charge in [-0.1, -0.05) is 29.3 Å². The normalized spacial score (nSPS) is 12.7. The van der Waals surface area contributed by atoms with Crippen LogP contribution < -0.4 is 5.73 Å². The quantitative estimate of drug-likeness (QED) is 0.941. The molecule has 19 heavy (non-hydrogen) atoms. The molecular formula is C14H17Cl2N3. The maximum atomic E-state index is 6.29. The molecule has 1 atom stereocenters. The zero-order chi connectivity index (χ0) is 14.2. The highest BCUT2D eigenvalue weighted by molar-refractivity contribution is 6.30. The van der Waals surface area contributed by atoms with Crippen LogP contribution in [0.1, 0.15) is 28.4 Å². The van der Waals surface area contributed by atoms with Gasteiger partial charge in [0.25, 0.3) is 0 Å². The molecule has 0 fully saturated rings. The number of hydrogen-bond acceptors (Lipinski definition) is 2. The summed E-state index contributed by atoms with van der Waals surface area (Å²) in [7, 11) is 1.83. The standard InChI is InChI=1S/C14H17Cl2N3/c1-8-6-10(15)4-5-11(8)13(17)7-12-9(2)18-19(3)14(12)16/h4-6,13H,7,17H2,1-3H3. The fourth-order valence-electron chi connectivity index (χ4n) is 2.29. The second-order valence-corrected chi connectivity index (χ2v) is 5.58. The van der Waals surface area contributed by atoms with E-state index < -0.39 is 0 Å². The minimum atomic E-state index is -0.113. The van der Waals surface area contributed by atoms with Crippen LogP contribution in [-0.4, -0.2) is 9.78 Å². The number of aromatic nitrogens is 2. The Morgan fingerprint density at radius 3 is 2.53 bits per heavy atom. The van der Waals surface area contributed by atoms with Gasteiger partial charge in [-0.2, -0.15) is 5.10 Å². The molecule has 0 aliphatic carbocycles. The fourth-order valence-corrected chi connectivity index (χ4v) is 2.77. The average molecular weight is 298 g/mol. The van der Waals surface area contributed by atoms with Gasteiger partial charge in [0, 0.05) is 23.7 Å². The summed E-state index contributed by atoms with van der Waals surface area (Å²) < 4.78 is 1.67. The van der Waals surface area contributed by atoms with Crippen LogP contribution in [-0.2, 0) is 13.5 Å². The lowest BCUT2D eigenvalue weighted by Crippen LogP contribution is -2.15. The first kappa shape index (κ1) is 14.4. The summed E-state index contributed by atoms with van der Waals surface area (Å²) in [5.41, 5.74) is 10.4. The van der Waals surface area contributed by atoms with Gasteiger partial charge in [0.05, 0.1) is 5.69 Å². The van der Waals surface area contributed by atoms with Crippen LogP contribution in [0.3, 0.4) is 0 Å². The molecule has 1 aromatic carbocycles. The first-order chi connectivity index (χ1) is 8.90. The molecule has 102 valence electrons. The Labute approximate surface area is 123 Å². The Morgan fingerprint density at radius 1 is 1.32 bits per heavy atom. The second kappa shape index (κ2) is 5.53. The third kappa shape index (κ3) is 2.94.